The number of carbonyl (C=O) groups excluding carboxylic acids is 1. The van der Waals surface area contributed by atoms with Crippen LogP contribution in [0, 0.1) is 0 Å². The van der Waals surface area contributed by atoms with Gasteiger partial charge in [-0.3, -0.25) is 9.78 Å². The summed E-state index contributed by atoms with van der Waals surface area (Å²) in [5.41, 5.74) is 3.84. The largest absolute Gasteiger partial charge is 0.494 e. The van der Waals surface area contributed by atoms with Crippen LogP contribution in [-0.4, -0.2) is 20.6 Å². The Bertz CT molecular complexity index is 1460. The minimum absolute atomic E-state index is 0.158. The summed E-state index contributed by atoms with van der Waals surface area (Å²) in [5, 5.41) is 18.6. The maximum Gasteiger partial charge on any atom is 0.265 e. The first-order valence-corrected chi connectivity index (χ1v) is 11.9. The first kappa shape index (κ1) is 22.0. The number of nitrogens with zero attached hydrogens (tertiary/aromatic N) is 2. The molecule has 0 bridgehead atoms. The Morgan fingerprint density at radius 3 is 2.59 bits per heavy atom. The van der Waals surface area contributed by atoms with Gasteiger partial charge < -0.3 is 20.3 Å². The SMILES string of the molecule is O=C(Nc1cccc2c(O)n(Cc3cccc(CNc4ccncc4)c3)cc12)c1ccc(Cl)s1. The number of amides is 1. The lowest BCUT2D eigenvalue weighted by Gasteiger charge is -2.09. The predicted octanol–water partition coefficient (Wildman–Crippen LogP) is 6.37. The van der Waals surface area contributed by atoms with Gasteiger partial charge in [-0.2, -0.15) is 0 Å². The first-order chi connectivity index (χ1) is 16.6. The lowest BCUT2D eigenvalue weighted by atomic mass is 10.1. The minimum atomic E-state index is -0.231. The summed E-state index contributed by atoms with van der Waals surface area (Å²) in [5.74, 6) is -0.0726. The number of nitrogens with one attached hydrogen (secondary N) is 2. The van der Waals surface area contributed by atoms with E-state index >= 15 is 0 Å². The molecule has 3 heterocycles. The molecule has 3 aromatic heterocycles. The lowest BCUT2D eigenvalue weighted by Crippen LogP contribution is -2.10. The molecule has 0 aliphatic rings. The van der Waals surface area contributed by atoms with Crippen molar-refractivity contribution in [2.24, 2.45) is 0 Å². The molecule has 0 aliphatic carbocycles. The van der Waals surface area contributed by atoms with Gasteiger partial charge in [-0.1, -0.05) is 41.9 Å². The average molecular weight is 489 g/mol. The van der Waals surface area contributed by atoms with Crippen molar-refractivity contribution in [3.8, 4) is 5.88 Å². The van der Waals surface area contributed by atoms with Crippen LogP contribution in [0.4, 0.5) is 11.4 Å². The second kappa shape index (κ2) is 9.59. The van der Waals surface area contributed by atoms with Crippen molar-refractivity contribution in [1.82, 2.24) is 9.55 Å². The Hall–Kier alpha value is -3.81. The third-order valence-corrected chi connectivity index (χ3v) is 6.70. The molecule has 5 aromatic rings. The number of hydrogen-bond acceptors (Lipinski definition) is 5. The summed E-state index contributed by atoms with van der Waals surface area (Å²) in [7, 11) is 0. The summed E-state index contributed by atoms with van der Waals surface area (Å²) >= 11 is 7.19. The van der Waals surface area contributed by atoms with E-state index in [1.54, 1.807) is 29.1 Å². The summed E-state index contributed by atoms with van der Waals surface area (Å²) in [6, 6.07) is 20.9. The quantitative estimate of drug-likeness (QED) is 0.249. The molecule has 1 amide bonds. The van der Waals surface area contributed by atoms with Gasteiger partial charge in [0.15, 0.2) is 5.88 Å². The number of pyridine rings is 1. The Kier molecular flexibility index (Phi) is 6.20. The van der Waals surface area contributed by atoms with Crippen molar-refractivity contribution in [3.63, 3.8) is 0 Å². The van der Waals surface area contributed by atoms with Crippen LogP contribution in [0.15, 0.2) is 85.3 Å². The highest BCUT2D eigenvalue weighted by Gasteiger charge is 2.15. The maximum absolute atomic E-state index is 12.6. The van der Waals surface area contributed by atoms with Crippen molar-refractivity contribution >= 4 is 51.0 Å². The summed E-state index contributed by atoms with van der Waals surface area (Å²) in [4.78, 5) is 17.2. The number of benzene rings is 2. The van der Waals surface area contributed by atoms with Crippen molar-refractivity contribution in [2.75, 3.05) is 10.6 Å². The molecule has 0 aliphatic heterocycles. The second-order valence-corrected chi connectivity index (χ2v) is 9.53. The van der Waals surface area contributed by atoms with E-state index in [1.807, 2.05) is 48.7 Å². The molecule has 0 spiro atoms. The van der Waals surface area contributed by atoms with E-state index in [4.69, 9.17) is 11.6 Å². The van der Waals surface area contributed by atoms with E-state index < -0.39 is 0 Å². The third-order valence-electron chi connectivity index (χ3n) is 5.47. The number of aromatic nitrogens is 2. The fourth-order valence-electron chi connectivity index (χ4n) is 3.83. The molecule has 0 unspecified atom stereocenters. The number of anilines is 2. The number of hydrogen-bond donors (Lipinski definition) is 3. The number of thiophene rings is 1. The molecule has 5 rings (SSSR count). The average Bonchev–Trinajstić information content (AvgIpc) is 3.43. The first-order valence-electron chi connectivity index (χ1n) is 10.7. The highest BCUT2D eigenvalue weighted by Crippen LogP contribution is 2.33. The smallest absolute Gasteiger partial charge is 0.265 e. The zero-order valence-electron chi connectivity index (χ0n) is 18.0. The number of aromatic hydroxyl groups is 1. The zero-order chi connectivity index (χ0) is 23.5. The Balaban J connectivity index is 1.36. The summed E-state index contributed by atoms with van der Waals surface area (Å²) in [6.07, 6.45) is 5.37. The molecule has 6 nitrogen and oxygen atoms in total. The van der Waals surface area contributed by atoms with E-state index in [-0.39, 0.29) is 11.8 Å². The highest BCUT2D eigenvalue weighted by molar-refractivity contribution is 7.18. The van der Waals surface area contributed by atoms with Crippen LogP contribution in [0.3, 0.4) is 0 Å². The Morgan fingerprint density at radius 2 is 1.79 bits per heavy atom. The molecule has 0 fully saturated rings. The lowest BCUT2D eigenvalue weighted by molar-refractivity contribution is 0.103. The highest BCUT2D eigenvalue weighted by atomic mass is 35.5. The predicted molar refractivity (Wildman–Crippen MR) is 138 cm³/mol. The molecular weight excluding hydrogens is 468 g/mol. The monoisotopic (exact) mass is 488 g/mol. The fourth-order valence-corrected chi connectivity index (χ4v) is 4.77. The van der Waals surface area contributed by atoms with Crippen LogP contribution in [0.25, 0.3) is 10.8 Å². The van der Waals surface area contributed by atoms with Crippen molar-refractivity contribution in [1.29, 1.82) is 0 Å². The molecule has 2 aromatic carbocycles. The van der Waals surface area contributed by atoms with E-state index in [0.29, 0.717) is 33.4 Å². The Morgan fingerprint density at radius 1 is 1.00 bits per heavy atom. The van der Waals surface area contributed by atoms with E-state index in [0.717, 1.165) is 22.2 Å². The summed E-state index contributed by atoms with van der Waals surface area (Å²) in [6.45, 7) is 1.18. The van der Waals surface area contributed by atoms with Crippen LogP contribution >= 0.6 is 22.9 Å². The molecule has 8 heteroatoms. The van der Waals surface area contributed by atoms with Gasteiger partial charge in [0.05, 0.1) is 21.4 Å². The van der Waals surface area contributed by atoms with Crippen LogP contribution in [0.1, 0.15) is 20.8 Å². The van der Waals surface area contributed by atoms with Crippen LogP contribution in [0.5, 0.6) is 5.88 Å². The molecule has 0 radical (unpaired) electrons. The molecule has 170 valence electrons. The molecule has 3 N–H and O–H groups in total. The van der Waals surface area contributed by atoms with Crippen LogP contribution in [0.2, 0.25) is 4.34 Å². The number of fused-ring (bicyclic) bond motifs is 1. The normalized spacial score (nSPS) is 11.0. The minimum Gasteiger partial charge on any atom is -0.494 e. The van der Waals surface area contributed by atoms with E-state index in [1.165, 1.54) is 11.3 Å². The molecular formula is C26H21ClN4O2S. The van der Waals surface area contributed by atoms with Gasteiger partial charge in [-0.15, -0.1) is 11.3 Å². The van der Waals surface area contributed by atoms with Gasteiger partial charge in [0, 0.05) is 41.6 Å². The van der Waals surface area contributed by atoms with Crippen molar-refractivity contribution in [2.45, 2.75) is 13.1 Å². The fraction of sp³-hybridized carbons (Fsp3) is 0.0769. The topological polar surface area (TPSA) is 79.2 Å². The molecule has 0 saturated heterocycles. The van der Waals surface area contributed by atoms with Crippen molar-refractivity contribution in [3.05, 3.63) is 106 Å². The number of rotatable bonds is 7. The number of carbonyl (C=O) groups is 1. The second-order valence-electron chi connectivity index (χ2n) is 7.81. The third kappa shape index (κ3) is 4.76. The van der Waals surface area contributed by atoms with Crippen LogP contribution in [-0.2, 0) is 13.1 Å². The van der Waals surface area contributed by atoms with Gasteiger partial charge in [0.2, 0.25) is 0 Å². The van der Waals surface area contributed by atoms with E-state index in [9.17, 15) is 9.90 Å². The standard InChI is InChI=1S/C26H21ClN4O2S/c27-24-8-7-23(34-24)25(32)30-22-6-2-5-20-21(22)16-31(26(20)33)15-18-4-1-3-17(13-18)14-29-19-9-11-28-12-10-19/h1-13,16,33H,14-15H2,(H,28,29)(H,30,32). The Labute approximate surface area is 205 Å². The van der Waals surface area contributed by atoms with Gasteiger partial charge in [-0.25, -0.2) is 0 Å². The van der Waals surface area contributed by atoms with Gasteiger partial charge in [0.1, 0.15) is 0 Å². The maximum atomic E-state index is 12.6. The molecule has 0 atom stereocenters. The number of halogens is 1. The van der Waals surface area contributed by atoms with Gasteiger partial charge in [-0.05, 0) is 47.5 Å². The zero-order valence-corrected chi connectivity index (χ0v) is 19.6. The van der Waals surface area contributed by atoms with Gasteiger partial charge >= 0.3 is 0 Å². The van der Waals surface area contributed by atoms with Crippen molar-refractivity contribution < 1.29 is 9.90 Å². The van der Waals surface area contributed by atoms with Crippen LogP contribution < -0.4 is 10.6 Å². The summed E-state index contributed by atoms with van der Waals surface area (Å²) < 4.78 is 2.35. The van der Waals surface area contributed by atoms with Gasteiger partial charge in [0.25, 0.3) is 5.91 Å². The van der Waals surface area contributed by atoms with E-state index in [2.05, 4.69) is 27.8 Å². The molecule has 34 heavy (non-hydrogen) atoms. The molecule has 0 saturated carbocycles.